The van der Waals surface area contributed by atoms with Crippen LogP contribution in [0.25, 0.3) is 12.3 Å². The summed E-state index contributed by atoms with van der Waals surface area (Å²) in [6, 6.07) is 9.24. The van der Waals surface area contributed by atoms with Crippen LogP contribution in [0.3, 0.4) is 0 Å². The molecule has 1 aromatic carbocycles. The highest BCUT2D eigenvalue weighted by molar-refractivity contribution is 5.64. The summed E-state index contributed by atoms with van der Waals surface area (Å²) in [5.74, 6) is 1.56. The van der Waals surface area contributed by atoms with Crippen LogP contribution in [0.1, 0.15) is 42.6 Å². The van der Waals surface area contributed by atoms with Crippen LogP contribution in [-0.2, 0) is 0 Å². The Morgan fingerprint density at radius 3 is 2.36 bits per heavy atom. The molecule has 0 bridgehead atoms. The minimum atomic E-state index is 0.0383. The smallest absolute Gasteiger partial charge is 0.182 e. The molecular weight excluding hydrogens is 314 g/mol. The molecule has 25 heavy (non-hydrogen) atoms. The highest BCUT2D eigenvalue weighted by Gasteiger charge is 2.18. The molecule has 1 fully saturated rings. The first-order valence-corrected chi connectivity index (χ1v) is 8.79. The first kappa shape index (κ1) is 17.3. The molecule has 4 heteroatoms. The Kier molecular flexibility index (Phi) is 5.27. The standard InChI is InChI=1S/C21H25NO3/c1-15-12-18(23)13-16(2)22(15)11-10-17-8-9-20(24-3)21(14-17)25-19-6-4-5-7-19/h8-14,19H,4-7H2,1-3H3/b11-10+. The van der Waals surface area contributed by atoms with Crippen molar-refractivity contribution in [3.8, 4) is 11.5 Å². The number of ether oxygens (including phenoxy) is 2. The van der Waals surface area contributed by atoms with Gasteiger partial charge >= 0.3 is 0 Å². The van der Waals surface area contributed by atoms with E-state index in [0.717, 1.165) is 41.3 Å². The predicted octanol–water partition coefficient (Wildman–Crippen LogP) is 4.42. The zero-order valence-electron chi connectivity index (χ0n) is 15.1. The van der Waals surface area contributed by atoms with Crippen molar-refractivity contribution in [2.24, 2.45) is 0 Å². The van der Waals surface area contributed by atoms with Gasteiger partial charge in [-0.2, -0.15) is 0 Å². The summed E-state index contributed by atoms with van der Waals surface area (Å²) in [5, 5.41) is 0. The van der Waals surface area contributed by atoms with Crippen LogP contribution in [0.4, 0.5) is 0 Å². The van der Waals surface area contributed by atoms with E-state index in [1.54, 1.807) is 19.2 Å². The molecule has 1 aliphatic carbocycles. The molecule has 0 amide bonds. The molecule has 0 unspecified atom stereocenters. The second-order valence-corrected chi connectivity index (χ2v) is 6.59. The van der Waals surface area contributed by atoms with Gasteiger partial charge < -0.3 is 14.0 Å². The quantitative estimate of drug-likeness (QED) is 0.809. The second kappa shape index (κ2) is 7.60. The van der Waals surface area contributed by atoms with E-state index in [1.165, 1.54) is 12.8 Å². The van der Waals surface area contributed by atoms with Crippen LogP contribution in [0.5, 0.6) is 11.5 Å². The molecule has 4 nitrogen and oxygen atoms in total. The number of nitrogens with zero attached hydrogens (tertiary/aromatic N) is 1. The monoisotopic (exact) mass is 339 g/mol. The first-order chi connectivity index (χ1) is 12.1. The summed E-state index contributed by atoms with van der Waals surface area (Å²) >= 11 is 0. The maximum absolute atomic E-state index is 11.5. The lowest BCUT2D eigenvalue weighted by atomic mass is 10.2. The fourth-order valence-corrected chi connectivity index (χ4v) is 3.34. The van der Waals surface area contributed by atoms with Crippen molar-refractivity contribution in [1.82, 2.24) is 4.57 Å². The van der Waals surface area contributed by atoms with E-state index in [2.05, 4.69) is 0 Å². The molecule has 0 spiro atoms. The maximum atomic E-state index is 11.5. The van der Waals surface area contributed by atoms with E-state index in [-0.39, 0.29) is 11.5 Å². The van der Waals surface area contributed by atoms with Crippen LogP contribution in [-0.4, -0.2) is 17.8 Å². The molecule has 0 N–H and O–H groups in total. The third-order valence-electron chi connectivity index (χ3n) is 4.66. The van der Waals surface area contributed by atoms with Gasteiger partial charge in [0.05, 0.1) is 13.2 Å². The van der Waals surface area contributed by atoms with Crippen molar-refractivity contribution >= 4 is 12.3 Å². The number of hydrogen-bond acceptors (Lipinski definition) is 3. The number of hydrogen-bond donors (Lipinski definition) is 0. The maximum Gasteiger partial charge on any atom is 0.182 e. The molecule has 0 atom stereocenters. The molecule has 1 saturated carbocycles. The lowest BCUT2D eigenvalue weighted by molar-refractivity contribution is 0.201. The molecule has 2 aromatic rings. The zero-order chi connectivity index (χ0) is 17.8. The van der Waals surface area contributed by atoms with Gasteiger partial charge in [-0.3, -0.25) is 4.79 Å². The van der Waals surface area contributed by atoms with E-state index in [4.69, 9.17) is 9.47 Å². The van der Waals surface area contributed by atoms with Gasteiger partial charge in [-0.05, 0) is 63.3 Å². The van der Waals surface area contributed by atoms with Gasteiger partial charge in [0.1, 0.15) is 0 Å². The van der Waals surface area contributed by atoms with E-state index < -0.39 is 0 Å². The van der Waals surface area contributed by atoms with Crippen LogP contribution >= 0.6 is 0 Å². The van der Waals surface area contributed by atoms with Gasteiger partial charge in [-0.15, -0.1) is 0 Å². The number of rotatable bonds is 5. The zero-order valence-corrected chi connectivity index (χ0v) is 15.1. The lowest BCUT2D eigenvalue weighted by Crippen LogP contribution is -2.11. The van der Waals surface area contributed by atoms with Crippen molar-refractivity contribution in [3.63, 3.8) is 0 Å². The van der Waals surface area contributed by atoms with Crippen LogP contribution in [0.15, 0.2) is 35.1 Å². The van der Waals surface area contributed by atoms with Crippen molar-refractivity contribution in [1.29, 1.82) is 0 Å². The van der Waals surface area contributed by atoms with Crippen molar-refractivity contribution < 1.29 is 9.47 Å². The molecular formula is C21H25NO3. The van der Waals surface area contributed by atoms with Crippen LogP contribution in [0, 0.1) is 13.8 Å². The summed E-state index contributed by atoms with van der Waals surface area (Å²) in [6.45, 7) is 3.86. The Bertz CT molecular complexity index is 803. The molecule has 1 heterocycles. The summed E-state index contributed by atoms with van der Waals surface area (Å²) in [6.07, 6.45) is 8.97. The number of aryl methyl sites for hydroxylation is 2. The Labute approximate surface area is 148 Å². The van der Waals surface area contributed by atoms with Gasteiger partial charge in [-0.25, -0.2) is 0 Å². The fraction of sp³-hybridized carbons (Fsp3) is 0.381. The predicted molar refractivity (Wildman–Crippen MR) is 101 cm³/mol. The molecule has 132 valence electrons. The third kappa shape index (κ3) is 4.13. The summed E-state index contributed by atoms with van der Waals surface area (Å²) in [4.78, 5) is 11.5. The Morgan fingerprint density at radius 1 is 1.04 bits per heavy atom. The average Bonchev–Trinajstić information content (AvgIpc) is 3.07. The molecule has 0 radical (unpaired) electrons. The minimum Gasteiger partial charge on any atom is -0.493 e. The molecule has 0 aliphatic heterocycles. The third-order valence-corrected chi connectivity index (χ3v) is 4.66. The number of pyridine rings is 1. The Balaban J connectivity index is 1.86. The van der Waals surface area contributed by atoms with Gasteiger partial charge in [0.15, 0.2) is 16.9 Å². The average molecular weight is 339 g/mol. The molecule has 3 rings (SSSR count). The van der Waals surface area contributed by atoms with Crippen LogP contribution < -0.4 is 14.9 Å². The summed E-state index contributed by atoms with van der Waals surface area (Å²) in [5.41, 5.74) is 2.90. The number of benzene rings is 1. The fourth-order valence-electron chi connectivity index (χ4n) is 3.34. The van der Waals surface area contributed by atoms with Gasteiger partial charge in [0.2, 0.25) is 0 Å². The van der Waals surface area contributed by atoms with E-state index in [9.17, 15) is 4.79 Å². The van der Waals surface area contributed by atoms with Gasteiger partial charge in [-0.1, -0.05) is 6.07 Å². The van der Waals surface area contributed by atoms with Gasteiger partial charge in [0, 0.05) is 29.7 Å². The number of methoxy groups -OCH3 is 1. The highest BCUT2D eigenvalue weighted by Crippen LogP contribution is 2.32. The van der Waals surface area contributed by atoms with E-state index in [1.807, 2.05) is 48.9 Å². The summed E-state index contributed by atoms with van der Waals surface area (Å²) in [7, 11) is 1.67. The Morgan fingerprint density at radius 2 is 1.72 bits per heavy atom. The van der Waals surface area contributed by atoms with E-state index >= 15 is 0 Å². The highest BCUT2D eigenvalue weighted by atomic mass is 16.5. The summed E-state index contributed by atoms with van der Waals surface area (Å²) < 4.78 is 13.6. The van der Waals surface area contributed by atoms with E-state index in [0.29, 0.717) is 0 Å². The van der Waals surface area contributed by atoms with Crippen molar-refractivity contribution in [3.05, 3.63) is 57.5 Å². The molecule has 0 saturated heterocycles. The van der Waals surface area contributed by atoms with Gasteiger partial charge in [0.25, 0.3) is 0 Å². The normalized spacial score (nSPS) is 15.0. The Hall–Kier alpha value is -2.49. The molecule has 1 aliphatic rings. The minimum absolute atomic E-state index is 0.0383. The van der Waals surface area contributed by atoms with Crippen molar-refractivity contribution in [2.45, 2.75) is 45.6 Å². The lowest BCUT2D eigenvalue weighted by Gasteiger charge is -2.16. The SMILES string of the molecule is COc1ccc(/C=C/n2c(C)cc(=O)cc2C)cc1OC1CCCC1. The second-order valence-electron chi connectivity index (χ2n) is 6.59. The van der Waals surface area contributed by atoms with Crippen molar-refractivity contribution in [2.75, 3.05) is 7.11 Å². The molecule has 1 aromatic heterocycles. The number of aromatic nitrogens is 1. The largest absolute Gasteiger partial charge is 0.493 e. The topological polar surface area (TPSA) is 40.5 Å². The van der Waals surface area contributed by atoms with Crippen LogP contribution in [0.2, 0.25) is 0 Å². The first-order valence-electron chi connectivity index (χ1n) is 8.79.